The first kappa shape index (κ1) is 19.9. The third-order valence-corrected chi connectivity index (χ3v) is 4.26. The van der Waals surface area contributed by atoms with Crippen molar-refractivity contribution in [3.05, 3.63) is 0 Å². The van der Waals surface area contributed by atoms with Gasteiger partial charge in [0.25, 0.3) is 0 Å². The average molecular weight is 286 g/mol. The van der Waals surface area contributed by atoms with Crippen molar-refractivity contribution < 1.29 is 0 Å². The number of hydrogen-bond acceptors (Lipinski definition) is 3. The Balaban J connectivity index is 0.000000829. The summed E-state index contributed by atoms with van der Waals surface area (Å²) in [6.07, 6.45) is 0. The summed E-state index contributed by atoms with van der Waals surface area (Å²) in [5, 5.41) is 0. The van der Waals surface area contributed by atoms with Gasteiger partial charge in [-0.3, -0.25) is 4.90 Å². The third-order valence-electron chi connectivity index (χ3n) is 4.26. The van der Waals surface area contributed by atoms with E-state index in [2.05, 4.69) is 35.6 Å². The van der Waals surface area contributed by atoms with Crippen LogP contribution in [-0.2, 0) is 0 Å². The summed E-state index contributed by atoms with van der Waals surface area (Å²) < 4.78 is 0. The standard InChI is InChI=1S/C13H27N3.2C2H6/c1-12(2)13-10-16(11-13)9-8-15-6-4-14(3)5-7-15;2*1-2/h12-13H,4-11H2,1-3H3;2*1-2H3. The molecule has 0 atom stereocenters. The van der Waals surface area contributed by atoms with Crippen molar-refractivity contribution in [3.8, 4) is 0 Å². The minimum atomic E-state index is 0.875. The smallest absolute Gasteiger partial charge is 0.0110 e. The van der Waals surface area contributed by atoms with Crippen molar-refractivity contribution in [2.75, 3.05) is 59.4 Å². The Hall–Kier alpha value is -0.120. The molecular weight excluding hydrogens is 246 g/mol. The van der Waals surface area contributed by atoms with E-state index in [4.69, 9.17) is 0 Å². The van der Waals surface area contributed by atoms with Crippen LogP contribution < -0.4 is 0 Å². The fourth-order valence-electron chi connectivity index (χ4n) is 2.57. The molecule has 20 heavy (non-hydrogen) atoms. The van der Waals surface area contributed by atoms with E-state index in [-0.39, 0.29) is 0 Å². The predicted octanol–water partition coefficient (Wildman–Crippen LogP) is 2.87. The molecule has 3 nitrogen and oxygen atoms in total. The van der Waals surface area contributed by atoms with Crippen molar-refractivity contribution in [2.45, 2.75) is 41.5 Å². The van der Waals surface area contributed by atoms with Crippen LogP contribution >= 0.6 is 0 Å². The lowest BCUT2D eigenvalue weighted by molar-refractivity contribution is 0.0508. The molecule has 122 valence electrons. The highest BCUT2D eigenvalue weighted by atomic mass is 15.3. The molecule has 0 bridgehead atoms. The number of likely N-dealkylation sites (N-methyl/N-ethyl adjacent to an activating group) is 1. The molecule has 3 heteroatoms. The van der Waals surface area contributed by atoms with Gasteiger partial charge in [-0.1, -0.05) is 41.5 Å². The quantitative estimate of drug-likeness (QED) is 0.786. The molecule has 2 heterocycles. The van der Waals surface area contributed by atoms with E-state index in [0.29, 0.717) is 0 Å². The highest BCUT2D eigenvalue weighted by Gasteiger charge is 2.28. The molecular formula is C17H39N3. The maximum absolute atomic E-state index is 2.61. The molecule has 0 aromatic rings. The maximum Gasteiger partial charge on any atom is 0.0110 e. The second-order valence-corrected chi connectivity index (χ2v) is 5.91. The van der Waals surface area contributed by atoms with Gasteiger partial charge in [0.1, 0.15) is 0 Å². The lowest BCUT2D eigenvalue weighted by Crippen LogP contribution is -2.53. The zero-order valence-corrected chi connectivity index (χ0v) is 15.2. The van der Waals surface area contributed by atoms with Crippen LogP contribution in [0.2, 0.25) is 0 Å². The zero-order chi connectivity index (χ0) is 15.5. The molecule has 2 aliphatic rings. The lowest BCUT2D eigenvalue weighted by atomic mass is 9.88. The van der Waals surface area contributed by atoms with E-state index in [9.17, 15) is 0 Å². The predicted molar refractivity (Wildman–Crippen MR) is 91.4 cm³/mol. The van der Waals surface area contributed by atoms with Gasteiger partial charge in [0.05, 0.1) is 0 Å². The molecule has 0 unspecified atom stereocenters. The fourth-order valence-corrected chi connectivity index (χ4v) is 2.57. The van der Waals surface area contributed by atoms with Gasteiger partial charge in [0.15, 0.2) is 0 Å². The zero-order valence-electron chi connectivity index (χ0n) is 15.2. The van der Waals surface area contributed by atoms with E-state index < -0.39 is 0 Å². The minimum absolute atomic E-state index is 0.875. The van der Waals surface area contributed by atoms with E-state index in [1.807, 2.05) is 27.7 Å². The van der Waals surface area contributed by atoms with Gasteiger partial charge in [-0.25, -0.2) is 0 Å². The molecule has 0 aromatic carbocycles. The molecule has 2 rings (SSSR count). The highest BCUT2D eigenvalue weighted by molar-refractivity contribution is 4.82. The minimum Gasteiger partial charge on any atom is -0.304 e. The van der Waals surface area contributed by atoms with E-state index in [1.165, 1.54) is 52.4 Å². The molecule has 2 fully saturated rings. The number of piperazine rings is 1. The van der Waals surface area contributed by atoms with Gasteiger partial charge < -0.3 is 9.80 Å². The first-order chi connectivity index (χ1) is 9.65. The van der Waals surface area contributed by atoms with Gasteiger partial charge in [0.2, 0.25) is 0 Å². The van der Waals surface area contributed by atoms with Gasteiger partial charge in [-0.05, 0) is 18.9 Å². The molecule has 0 spiro atoms. The topological polar surface area (TPSA) is 9.72 Å². The van der Waals surface area contributed by atoms with E-state index >= 15 is 0 Å². The molecule has 0 aromatic heterocycles. The van der Waals surface area contributed by atoms with Crippen LogP contribution in [0, 0.1) is 11.8 Å². The van der Waals surface area contributed by atoms with Gasteiger partial charge in [-0.2, -0.15) is 0 Å². The highest BCUT2D eigenvalue weighted by Crippen LogP contribution is 2.22. The normalized spacial score (nSPS) is 21.6. The molecule has 2 aliphatic heterocycles. The molecule has 0 saturated carbocycles. The lowest BCUT2D eigenvalue weighted by Gasteiger charge is -2.43. The number of nitrogens with zero attached hydrogens (tertiary/aromatic N) is 3. The van der Waals surface area contributed by atoms with Crippen molar-refractivity contribution >= 4 is 0 Å². The van der Waals surface area contributed by atoms with Crippen LogP contribution in [0.5, 0.6) is 0 Å². The summed E-state index contributed by atoms with van der Waals surface area (Å²) in [4.78, 5) is 7.65. The number of rotatable bonds is 4. The van der Waals surface area contributed by atoms with Crippen molar-refractivity contribution in [1.29, 1.82) is 0 Å². The first-order valence-electron chi connectivity index (χ1n) is 8.78. The summed E-state index contributed by atoms with van der Waals surface area (Å²) in [6, 6.07) is 0. The Morgan fingerprint density at radius 1 is 0.800 bits per heavy atom. The first-order valence-corrected chi connectivity index (χ1v) is 8.78. The van der Waals surface area contributed by atoms with Crippen molar-refractivity contribution in [1.82, 2.24) is 14.7 Å². The summed E-state index contributed by atoms with van der Waals surface area (Å²) in [5.41, 5.74) is 0. The van der Waals surface area contributed by atoms with E-state index in [1.54, 1.807) is 0 Å². The van der Waals surface area contributed by atoms with Crippen LogP contribution in [0.1, 0.15) is 41.5 Å². The van der Waals surface area contributed by atoms with Crippen LogP contribution in [0.4, 0.5) is 0 Å². The molecule has 0 amide bonds. The summed E-state index contributed by atoms with van der Waals surface area (Å²) in [7, 11) is 2.22. The fraction of sp³-hybridized carbons (Fsp3) is 1.00. The van der Waals surface area contributed by atoms with E-state index in [0.717, 1.165) is 11.8 Å². The summed E-state index contributed by atoms with van der Waals surface area (Å²) in [6.45, 7) is 23.0. The SMILES string of the molecule is CC.CC.CC(C)C1CN(CCN2CCN(C)CC2)C1. The summed E-state index contributed by atoms with van der Waals surface area (Å²) >= 11 is 0. The Morgan fingerprint density at radius 2 is 1.25 bits per heavy atom. The Morgan fingerprint density at radius 3 is 1.70 bits per heavy atom. The maximum atomic E-state index is 2.61. The largest absolute Gasteiger partial charge is 0.304 e. The van der Waals surface area contributed by atoms with Gasteiger partial charge in [0, 0.05) is 52.4 Å². The van der Waals surface area contributed by atoms with Gasteiger partial charge >= 0.3 is 0 Å². The number of hydrogen-bond donors (Lipinski definition) is 0. The van der Waals surface area contributed by atoms with Crippen LogP contribution in [0.25, 0.3) is 0 Å². The van der Waals surface area contributed by atoms with Crippen LogP contribution in [-0.4, -0.2) is 74.1 Å². The average Bonchev–Trinajstić information content (AvgIpc) is 2.43. The Kier molecular flexibility index (Phi) is 11.5. The second-order valence-electron chi connectivity index (χ2n) is 5.91. The van der Waals surface area contributed by atoms with Crippen molar-refractivity contribution in [2.24, 2.45) is 11.8 Å². The number of likely N-dealkylation sites (tertiary alicyclic amines) is 1. The molecule has 0 N–H and O–H groups in total. The molecule has 0 radical (unpaired) electrons. The third kappa shape index (κ3) is 7.05. The van der Waals surface area contributed by atoms with Crippen LogP contribution in [0.3, 0.4) is 0 Å². The monoisotopic (exact) mass is 285 g/mol. The van der Waals surface area contributed by atoms with Gasteiger partial charge in [-0.15, -0.1) is 0 Å². The Bertz CT molecular complexity index is 204. The molecule has 0 aliphatic carbocycles. The second kappa shape index (κ2) is 11.5. The summed E-state index contributed by atoms with van der Waals surface area (Å²) in [5.74, 6) is 1.84. The van der Waals surface area contributed by atoms with Crippen LogP contribution in [0.15, 0.2) is 0 Å². The van der Waals surface area contributed by atoms with Crippen molar-refractivity contribution in [3.63, 3.8) is 0 Å². The Labute approximate surface area is 128 Å². The molecule has 2 saturated heterocycles.